The zero-order valence-corrected chi connectivity index (χ0v) is 9.61. The molecule has 1 N–H and O–H groups in total. The van der Waals surface area contributed by atoms with Gasteiger partial charge in [-0.3, -0.25) is 15.2 Å². The van der Waals surface area contributed by atoms with E-state index in [0.29, 0.717) is 29.8 Å². The zero-order chi connectivity index (χ0) is 12.3. The van der Waals surface area contributed by atoms with E-state index in [1.54, 1.807) is 6.07 Å². The Hall–Kier alpha value is -1.82. The standard InChI is InChI=1S/C10H10ClN3O3/c11-2-1-3-17-10-5-8-7(6-12-13-8)4-9(10)14(15)16/h4-6H,1-3H2,(H,12,13). The largest absolute Gasteiger partial charge is 0.487 e. The second kappa shape index (κ2) is 5.01. The van der Waals surface area contributed by atoms with Crippen LogP contribution >= 0.6 is 11.6 Å². The SMILES string of the molecule is O=[N+]([O-])c1cc2cn[nH]c2cc1OCCCCl. The second-order valence-corrected chi connectivity index (χ2v) is 3.80. The van der Waals surface area contributed by atoms with Crippen LogP contribution in [0.1, 0.15) is 6.42 Å². The number of benzene rings is 1. The Balaban J connectivity index is 2.35. The molecular formula is C10H10ClN3O3. The highest BCUT2D eigenvalue weighted by Crippen LogP contribution is 2.31. The fourth-order valence-electron chi connectivity index (χ4n) is 1.45. The van der Waals surface area contributed by atoms with Crippen molar-refractivity contribution in [2.45, 2.75) is 6.42 Å². The van der Waals surface area contributed by atoms with Crippen LogP contribution in [0.3, 0.4) is 0 Å². The smallest absolute Gasteiger partial charge is 0.311 e. The zero-order valence-electron chi connectivity index (χ0n) is 8.85. The molecule has 0 saturated carbocycles. The van der Waals surface area contributed by atoms with Crippen molar-refractivity contribution in [3.05, 3.63) is 28.4 Å². The molecule has 2 rings (SSSR count). The van der Waals surface area contributed by atoms with E-state index in [0.717, 1.165) is 0 Å². The van der Waals surface area contributed by atoms with Crippen molar-refractivity contribution in [3.8, 4) is 5.75 Å². The summed E-state index contributed by atoms with van der Waals surface area (Å²) in [6.07, 6.45) is 2.17. The molecule has 0 atom stereocenters. The Morgan fingerprint density at radius 3 is 3.06 bits per heavy atom. The highest BCUT2D eigenvalue weighted by Gasteiger charge is 2.17. The molecule has 0 aliphatic rings. The minimum Gasteiger partial charge on any atom is -0.487 e. The van der Waals surface area contributed by atoms with Crippen LogP contribution in [0.5, 0.6) is 5.75 Å². The summed E-state index contributed by atoms with van der Waals surface area (Å²) in [6.45, 7) is 0.351. The van der Waals surface area contributed by atoms with Crippen LogP contribution in [0, 0.1) is 10.1 Å². The quantitative estimate of drug-likeness (QED) is 0.385. The predicted octanol–water partition coefficient (Wildman–Crippen LogP) is 2.48. The number of H-pyrrole nitrogens is 1. The number of hydrogen-bond donors (Lipinski definition) is 1. The van der Waals surface area contributed by atoms with Crippen molar-refractivity contribution in [2.24, 2.45) is 0 Å². The number of nitrogens with zero attached hydrogens (tertiary/aromatic N) is 2. The van der Waals surface area contributed by atoms with Crippen LogP contribution in [0.2, 0.25) is 0 Å². The molecule has 0 spiro atoms. The first-order valence-corrected chi connectivity index (χ1v) is 5.56. The molecule has 0 amide bonds. The minimum atomic E-state index is -0.470. The van der Waals surface area contributed by atoms with Gasteiger partial charge in [0.1, 0.15) is 0 Å². The van der Waals surface area contributed by atoms with Gasteiger partial charge < -0.3 is 4.74 Å². The maximum absolute atomic E-state index is 10.9. The molecule has 6 nitrogen and oxygen atoms in total. The van der Waals surface area contributed by atoms with E-state index in [1.165, 1.54) is 12.3 Å². The van der Waals surface area contributed by atoms with Gasteiger partial charge in [0.05, 0.1) is 23.2 Å². The van der Waals surface area contributed by atoms with Crippen LogP contribution < -0.4 is 4.74 Å². The molecule has 1 aromatic carbocycles. The molecule has 1 heterocycles. The van der Waals surface area contributed by atoms with E-state index in [9.17, 15) is 10.1 Å². The first kappa shape index (κ1) is 11.7. The Bertz CT molecular complexity index is 541. The number of rotatable bonds is 5. The molecule has 0 fully saturated rings. The van der Waals surface area contributed by atoms with Crippen LogP contribution in [0.25, 0.3) is 10.9 Å². The first-order chi connectivity index (χ1) is 8.22. The number of hydrogen-bond acceptors (Lipinski definition) is 4. The van der Waals surface area contributed by atoms with Gasteiger partial charge in [0, 0.05) is 23.4 Å². The maximum Gasteiger partial charge on any atom is 0.311 e. The molecule has 0 aliphatic carbocycles. The summed E-state index contributed by atoms with van der Waals surface area (Å²) in [5.74, 6) is 0.692. The number of alkyl halides is 1. The van der Waals surface area contributed by atoms with Crippen LogP contribution in [0.15, 0.2) is 18.3 Å². The molecule has 0 bridgehead atoms. The lowest BCUT2D eigenvalue weighted by atomic mass is 10.2. The molecule has 0 saturated heterocycles. The molecule has 1 aromatic heterocycles. The summed E-state index contributed by atoms with van der Waals surface area (Å²) in [7, 11) is 0. The van der Waals surface area contributed by atoms with Crippen molar-refractivity contribution >= 4 is 28.2 Å². The minimum absolute atomic E-state index is 0.0616. The van der Waals surface area contributed by atoms with E-state index in [1.807, 2.05) is 0 Å². The molecule has 0 unspecified atom stereocenters. The van der Waals surface area contributed by atoms with Gasteiger partial charge in [-0.05, 0) is 6.42 Å². The number of halogens is 1. The van der Waals surface area contributed by atoms with Crippen molar-refractivity contribution in [3.63, 3.8) is 0 Å². The van der Waals surface area contributed by atoms with E-state index >= 15 is 0 Å². The third-order valence-electron chi connectivity index (χ3n) is 2.25. The van der Waals surface area contributed by atoms with Crippen molar-refractivity contribution in [2.75, 3.05) is 12.5 Å². The van der Waals surface area contributed by atoms with Crippen molar-refractivity contribution in [1.82, 2.24) is 10.2 Å². The lowest BCUT2D eigenvalue weighted by Crippen LogP contribution is -2.01. The monoisotopic (exact) mass is 255 g/mol. The van der Waals surface area contributed by atoms with Crippen molar-refractivity contribution in [1.29, 1.82) is 0 Å². The summed E-state index contributed by atoms with van der Waals surface area (Å²) in [5, 5.41) is 18.1. The third-order valence-corrected chi connectivity index (χ3v) is 2.52. The van der Waals surface area contributed by atoms with Crippen LogP contribution in [0.4, 0.5) is 5.69 Å². The van der Waals surface area contributed by atoms with E-state index in [2.05, 4.69) is 10.2 Å². The number of ether oxygens (including phenoxy) is 1. The number of nitro groups is 1. The topological polar surface area (TPSA) is 81.0 Å². The maximum atomic E-state index is 10.9. The second-order valence-electron chi connectivity index (χ2n) is 3.43. The molecule has 2 aromatic rings. The van der Waals surface area contributed by atoms with Gasteiger partial charge in [-0.25, -0.2) is 0 Å². The third kappa shape index (κ3) is 2.47. The normalized spacial score (nSPS) is 10.6. The van der Waals surface area contributed by atoms with Gasteiger partial charge in [0.25, 0.3) is 0 Å². The first-order valence-electron chi connectivity index (χ1n) is 5.02. The molecule has 7 heteroatoms. The highest BCUT2D eigenvalue weighted by molar-refractivity contribution is 6.17. The highest BCUT2D eigenvalue weighted by atomic mass is 35.5. The Labute approximate surface area is 102 Å². The average Bonchev–Trinajstić information content (AvgIpc) is 2.75. The summed E-state index contributed by atoms with van der Waals surface area (Å²) >= 11 is 5.52. The van der Waals surface area contributed by atoms with E-state index in [4.69, 9.17) is 16.3 Å². The fraction of sp³-hybridized carbons (Fsp3) is 0.300. The molecule has 0 radical (unpaired) electrons. The lowest BCUT2D eigenvalue weighted by molar-refractivity contribution is -0.385. The summed E-state index contributed by atoms with van der Waals surface area (Å²) in [5.41, 5.74) is 0.643. The van der Waals surface area contributed by atoms with Crippen LogP contribution in [-0.4, -0.2) is 27.6 Å². The molecule has 90 valence electrons. The average molecular weight is 256 g/mol. The van der Waals surface area contributed by atoms with Gasteiger partial charge in [-0.1, -0.05) is 0 Å². The summed E-state index contributed by atoms with van der Waals surface area (Å²) in [4.78, 5) is 10.4. The molecular weight excluding hydrogens is 246 g/mol. The molecule has 17 heavy (non-hydrogen) atoms. The number of aromatic amines is 1. The predicted molar refractivity (Wildman–Crippen MR) is 63.6 cm³/mol. The van der Waals surface area contributed by atoms with Gasteiger partial charge >= 0.3 is 5.69 Å². The van der Waals surface area contributed by atoms with E-state index < -0.39 is 4.92 Å². The number of fused-ring (bicyclic) bond motifs is 1. The van der Waals surface area contributed by atoms with Crippen molar-refractivity contribution < 1.29 is 9.66 Å². The summed E-state index contributed by atoms with van der Waals surface area (Å²) in [6, 6.07) is 3.02. The Morgan fingerprint density at radius 2 is 2.35 bits per heavy atom. The fourth-order valence-corrected chi connectivity index (χ4v) is 1.56. The van der Waals surface area contributed by atoms with Gasteiger partial charge in [-0.15, -0.1) is 11.6 Å². The summed E-state index contributed by atoms with van der Waals surface area (Å²) < 4.78 is 5.34. The van der Waals surface area contributed by atoms with Gasteiger partial charge in [0.15, 0.2) is 5.75 Å². The number of nitro benzene ring substituents is 1. The number of nitrogens with one attached hydrogen (secondary N) is 1. The van der Waals surface area contributed by atoms with Crippen LogP contribution in [-0.2, 0) is 0 Å². The van der Waals surface area contributed by atoms with Gasteiger partial charge in [0.2, 0.25) is 0 Å². The lowest BCUT2D eigenvalue weighted by Gasteiger charge is -2.05. The van der Waals surface area contributed by atoms with Gasteiger partial charge in [-0.2, -0.15) is 5.10 Å². The Morgan fingerprint density at radius 1 is 1.53 bits per heavy atom. The number of aromatic nitrogens is 2. The van der Waals surface area contributed by atoms with E-state index in [-0.39, 0.29) is 11.4 Å². The Kier molecular flexibility index (Phi) is 3.43. The molecule has 0 aliphatic heterocycles.